The number of rotatable bonds is 6. The predicted molar refractivity (Wildman–Crippen MR) is 125 cm³/mol. The van der Waals surface area contributed by atoms with Crippen molar-refractivity contribution in [1.82, 2.24) is 10.2 Å². The third kappa shape index (κ3) is 4.09. The summed E-state index contributed by atoms with van der Waals surface area (Å²) in [5, 5.41) is 3.20. The van der Waals surface area contributed by atoms with E-state index in [1.54, 1.807) is 36.4 Å². The number of hydrogen-bond acceptors (Lipinski definition) is 6. The Bertz CT molecular complexity index is 1160. The Morgan fingerprint density at radius 2 is 1.88 bits per heavy atom. The van der Waals surface area contributed by atoms with E-state index in [9.17, 15) is 14.4 Å². The molecule has 2 aromatic rings. The zero-order valence-electron chi connectivity index (χ0n) is 17.6. The van der Waals surface area contributed by atoms with E-state index in [1.807, 2.05) is 12.1 Å². The predicted octanol–water partition coefficient (Wildman–Crippen LogP) is 4.34. The van der Waals surface area contributed by atoms with Gasteiger partial charge in [0, 0.05) is 18.1 Å². The number of benzene rings is 2. The van der Waals surface area contributed by atoms with Gasteiger partial charge in [-0.2, -0.15) is 0 Å². The molecule has 1 aliphatic carbocycles. The number of carbonyl (C=O) groups is 3. The number of halogens is 1. The highest BCUT2D eigenvalue weighted by atomic mass is 35.5. The fraction of sp³-hybridized carbons (Fsp3) is 0.292. The van der Waals surface area contributed by atoms with Gasteiger partial charge in [0.15, 0.2) is 11.5 Å². The highest BCUT2D eigenvalue weighted by Gasteiger charge is 2.45. The zero-order valence-corrected chi connectivity index (χ0v) is 19.2. The molecule has 2 heterocycles. The highest BCUT2D eigenvalue weighted by Crippen LogP contribution is 2.44. The van der Waals surface area contributed by atoms with Crippen LogP contribution in [-0.2, 0) is 15.0 Å². The van der Waals surface area contributed by atoms with Crippen LogP contribution in [0, 0.1) is 0 Å². The minimum absolute atomic E-state index is 0.0843. The number of nitrogens with one attached hydrogen (secondary N) is 1. The maximum Gasteiger partial charge on any atom is 0.293 e. The van der Waals surface area contributed by atoms with Gasteiger partial charge in [0.25, 0.3) is 11.1 Å². The SMILES string of the molecule is O=C1SC(=Cc2ccc3c(c2)OCO3)C(=O)N1CCNC(=O)C1(c2ccc(Cl)cc2)CCC1. The number of hydrogen-bond donors (Lipinski definition) is 1. The molecule has 33 heavy (non-hydrogen) atoms. The molecule has 0 aromatic heterocycles. The second kappa shape index (κ2) is 8.76. The number of thioether (sulfide) groups is 1. The molecule has 2 aromatic carbocycles. The quantitative estimate of drug-likeness (QED) is 0.614. The molecule has 0 atom stereocenters. The van der Waals surface area contributed by atoms with E-state index in [0.717, 1.165) is 42.2 Å². The summed E-state index contributed by atoms with van der Waals surface area (Å²) in [5.41, 5.74) is 1.12. The van der Waals surface area contributed by atoms with Gasteiger partial charge in [0.1, 0.15) is 0 Å². The van der Waals surface area contributed by atoms with E-state index < -0.39 is 5.41 Å². The van der Waals surface area contributed by atoms with Crippen LogP contribution in [0.5, 0.6) is 11.5 Å². The standard InChI is InChI=1S/C24H21ClN2O5S/c25-17-5-3-16(4-6-17)24(8-1-9-24)22(29)26-10-11-27-21(28)20(33-23(27)30)13-15-2-7-18-19(12-15)32-14-31-18/h2-7,12-13H,1,8-11,14H2,(H,26,29). The van der Waals surface area contributed by atoms with Gasteiger partial charge in [0.2, 0.25) is 12.7 Å². The molecule has 1 saturated heterocycles. The Kier molecular flexibility index (Phi) is 5.80. The molecule has 0 unspecified atom stereocenters. The first kappa shape index (κ1) is 21.9. The third-order valence-electron chi connectivity index (χ3n) is 6.23. The van der Waals surface area contributed by atoms with Gasteiger partial charge in [-0.05, 0) is 66.1 Å². The molecule has 7 nitrogen and oxygen atoms in total. The summed E-state index contributed by atoms with van der Waals surface area (Å²) >= 11 is 6.87. The summed E-state index contributed by atoms with van der Waals surface area (Å²) in [5.74, 6) is 0.807. The molecule has 2 aliphatic heterocycles. The van der Waals surface area contributed by atoms with E-state index in [4.69, 9.17) is 21.1 Å². The average Bonchev–Trinajstić information content (AvgIpc) is 3.33. The van der Waals surface area contributed by atoms with Crippen molar-refractivity contribution in [3.63, 3.8) is 0 Å². The lowest BCUT2D eigenvalue weighted by Gasteiger charge is -2.40. The number of nitrogens with zero attached hydrogens (tertiary/aromatic N) is 1. The molecule has 0 bridgehead atoms. The fourth-order valence-corrected chi connectivity index (χ4v) is 5.23. The van der Waals surface area contributed by atoms with Crippen molar-refractivity contribution in [3.05, 3.63) is 63.5 Å². The highest BCUT2D eigenvalue weighted by molar-refractivity contribution is 8.18. The van der Waals surface area contributed by atoms with Gasteiger partial charge in [-0.1, -0.05) is 36.2 Å². The van der Waals surface area contributed by atoms with Crippen molar-refractivity contribution < 1.29 is 23.9 Å². The average molecular weight is 485 g/mol. The van der Waals surface area contributed by atoms with Gasteiger partial charge in [-0.25, -0.2) is 0 Å². The van der Waals surface area contributed by atoms with E-state index in [2.05, 4.69) is 5.32 Å². The molecule has 2 fully saturated rings. The number of ether oxygens (including phenoxy) is 2. The topological polar surface area (TPSA) is 84.9 Å². The van der Waals surface area contributed by atoms with Crippen LogP contribution in [0.15, 0.2) is 47.4 Å². The van der Waals surface area contributed by atoms with Gasteiger partial charge in [-0.15, -0.1) is 0 Å². The van der Waals surface area contributed by atoms with Crippen molar-refractivity contribution in [2.75, 3.05) is 19.9 Å². The molecule has 1 saturated carbocycles. The summed E-state index contributed by atoms with van der Waals surface area (Å²) in [6, 6.07) is 12.7. The Hall–Kier alpha value is -2.97. The largest absolute Gasteiger partial charge is 0.454 e. The Morgan fingerprint density at radius 1 is 1.12 bits per heavy atom. The molecule has 0 spiro atoms. The molecule has 170 valence electrons. The van der Waals surface area contributed by atoms with Crippen LogP contribution in [0.3, 0.4) is 0 Å². The van der Waals surface area contributed by atoms with Crippen LogP contribution in [-0.4, -0.2) is 41.8 Å². The first-order valence-corrected chi connectivity index (χ1v) is 11.9. The molecular weight excluding hydrogens is 464 g/mol. The Labute approximate surface area is 200 Å². The normalized spacial score (nSPS) is 19.7. The second-order valence-corrected chi connectivity index (χ2v) is 9.57. The Morgan fingerprint density at radius 3 is 2.61 bits per heavy atom. The van der Waals surface area contributed by atoms with E-state index >= 15 is 0 Å². The maximum absolute atomic E-state index is 13.0. The first-order chi connectivity index (χ1) is 16.0. The number of amides is 3. The van der Waals surface area contributed by atoms with Crippen LogP contribution < -0.4 is 14.8 Å². The van der Waals surface area contributed by atoms with Crippen LogP contribution in [0.25, 0.3) is 6.08 Å². The van der Waals surface area contributed by atoms with Crippen molar-refractivity contribution >= 4 is 46.5 Å². The number of imide groups is 1. The van der Waals surface area contributed by atoms with Crippen molar-refractivity contribution in [2.24, 2.45) is 0 Å². The molecule has 0 radical (unpaired) electrons. The molecule has 3 amide bonds. The molecule has 1 N–H and O–H groups in total. The molecule has 5 rings (SSSR count). The smallest absolute Gasteiger partial charge is 0.293 e. The molecule has 9 heteroatoms. The van der Waals surface area contributed by atoms with Gasteiger partial charge in [-0.3, -0.25) is 19.3 Å². The lowest BCUT2D eigenvalue weighted by Crippen LogP contribution is -2.50. The van der Waals surface area contributed by atoms with E-state index in [1.165, 1.54) is 4.90 Å². The Balaban J connectivity index is 1.21. The lowest BCUT2D eigenvalue weighted by molar-refractivity contribution is -0.130. The monoisotopic (exact) mass is 484 g/mol. The zero-order chi connectivity index (χ0) is 23.0. The van der Waals surface area contributed by atoms with Crippen LogP contribution in [0.2, 0.25) is 5.02 Å². The van der Waals surface area contributed by atoms with Crippen LogP contribution in [0.1, 0.15) is 30.4 Å². The fourth-order valence-electron chi connectivity index (χ4n) is 4.24. The minimum atomic E-state index is -0.567. The van der Waals surface area contributed by atoms with Crippen molar-refractivity contribution in [3.8, 4) is 11.5 Å². The van der Waals surface area contributed by atoms with E-state index in [-0.39, 0.29) is 36.9 Å². The van der Waals surface area contributed by atoms with Gasteiger partial charge >= 0.3 is 0 Å². The van der Waals surface area contributed by atoms with Crippen molar-refractivity contribution in [2.45, 2.75) is 24.7 Å². The van der Waals surface area contributed by atoms with Gasteiger partial charge in [0.05, 0.1) is 10.3 Å². The third-order valence-corrected chi connectivity index (χ3v) is 7.39. The van der Waals surface area contributed by atoms with Crippen LogP contribution >= 0.6 is 23.4 Å². The summed E-state index contributed by atoms with van der Waals surface area (Å²) in [6.45, 7) is 0.482. The minimum Gasteiger partial charge on any atom is -0.454 e. The van der Waals surface area contributed by atoms with Crippen LogP contribution in [0.4, 0.5) is 4.79 Å². The first-order valence-electron chi connectivity index (χ1n) is 10.7. The van der Waals surface area contributed by atoms with Crippen molar-refractivity contribution in [1.29, 1.82) is 0 Å². The second-order valence-electron chi connectivity index (χ2n) is 8.14. The number of carbonyl (C=O) groups excluding carboxylic acids is 3. The summed E-state index contributed by atoms with van der Waals surface area (Å²) in [6.07, 6.45) is 4.17. The number of fused-ring (bicyclic) bond motifs is 1. The van der Waals surface area contributed by atoms with E-state index in [0.29, 0.717) is 21.4 Å². The molecular formula is C24H21ClN2O5S. The maximum atomic E-state index is 13.0. The van der Waals surface area contributed by atoms with Gasteiger partial charge < -0.3 is 14.8 Å². The lowest BCUT2D eigenvalue weighted by atomic mass is 9.64. The molecule has 3 aliphatic rings. The summed E-state index contributed by atoms with van der Waals surface area (Å²) in [7, 11) is 0. The summed E-state index contributed by atoms with van der Waals surface area (Å²) < 4.78 is 10.7. The summed E-state index contributed by atoms with van der Waals surface area (Å²) in [4.78, 5) is 39.7.